The van der Waals surface area contributed by atoms with Gasteiger partial charge in [0.1, 0.15) is 5.75 Å². The highest BCUT2D eigenvalue weighted by Gasteiger charge is 2.04. The van der Waals surface area contributed by atoms with Crippen LogP contribution in [0.5, 0.6) is 5.75 Å². The van der Waals surface area contributed by atoms with Crippen LogP contribution in [-0.4, -0.2) is 29.5 Å². The molecule has 0 bridgehead atoms. The van der Waals surface area contributed by atoms with E-state index in [1.807, 2.05) is 0 Å². The van der Waals surface area contributed by atoms with Crippen molar-refractivity contribution in [3.8, 4) is 5.75 Å². The first-order chi connectivity index (χ1) is 10.5. The lowest BCUT2D eigenvalue weighted by Crippen LogP contribution is -2.14. The van der Waals surface area contributed by atoms with Crippen molar-refractivity contribution in [3.63, 3.8) is 0 Å². The Hall–Kier alpha value is -2.57. The van der Waals surface area contributed by atoms with Crippen LogP contribution in [0, 0.1) is 0 Å². The Bertz CT molecular complexity index is 513. The number of carbonyl (C=O) groups is 3. The van der Waals surface area contributed by atoms with Crippen molar-refractivity contribution < 1.29 is 24.2 Å². The smallest absolute Gasteiger partial charge is 0.303 e. The van der Waals surface area contributed by atoms with Gasteiger partial charge in [-0.1, -0.05) is 0 Å². The first-order valence-electron chi connectivity index (χ1n) is 7.00. The molecule has 0 aliphatic rings. The highest BCUT2D eigenvalue weighted by atomic mass is 16.5. The highest BCUT2D eigenvalue weighted by Crippen LogP contribution is 2.16. The number of ether oxygens (including phenoxy) is 1. The number of hydrogen-bond acceptors (Lipinski definition) is 4. The number of carboxylic acid groups (broad SMARTS) is 1. The van der Waals surface area contributed by atoms with Crippen LogP contribution in [0.1, 0.15) is 32.1 Å². The maximum Gasteiger partial charge on any atom is 0.303 e. The third kappa shape index (κ3) is 7.88. The number of primary amides is 1. The van der Waals surface area contributed by atoms with Crippen molar-refractivity contribution in [2.75, 3.05) is 11.9 Å². The number of carboxylic acids is 1. The first-order valence-corrected chi connectivity index (χ1v) is 7.00. The molecule has 0 fully saturated rings. The van der Waals surface area contributed by atoms with E-state index in [9.17, 15) is 14.4 Å². The number of benzene rings is 1. The van der Waals surface area contributed by atoms with Crippen LogP contribution in [0.3, 0.4) is 0 Å². The van der Waals surface area contributed by atoms with E-state index in [4.69, 9.17) is 15.6 Å². The fourth-order valence-corrected chi connectivity index (χ4v) is 1.69. The molecule has 0 saturated heterocycles. The molecule has 2 amide bonds. The van der Waals surface area contributed by atoms with Crippen LogP contribution in [0.2, 0.25) is 0 Å². The van der Waals surface area contributed by atoms with Gasteiger partial charge in [0.15, 0.2) is 0 Å². The maximum atomic E-state index is 11.6. The Balaban J connectivity index is 2.29. The molecule has 7 nitrogen and oxygen atoms in total. The zero-order valence-corrected chi connectivity index (χ0v) is 12.2. The molecule has 0 aliphatic heterocycles. The predicted molar refractivity (Wildman–Crippen MR) is 80.5 cm³/mol. The molecular weight excluding hydrogens is 288 g/mol. The second-order valence-electron chi connectivity index (χ2n) is 4.74. The quantitative estimate of drug-likeness (QED) is 0.566. The van der Waals surface area contributed by atoms with Crippen molar-refractivity contribution in [1.82, 2.24) is 0 Å². The summed E-state index contributed by atoms with van der Waals surface area (Å²) in [7, 11) is 0. The van der Waals surface area contributed by atoms with Gasteiger partial charge in [-0.25, -0.2) is 0 Å². The molecule has 0 unspecified atom stereocenters. The van der Waals surface area contributed by atoms with Gasteiger partial charge in [0.2, 0.25) is 11.8 Å². The molecule has 7 heteroatoms. The molecule has 4 N–H and O–H groups in total. The highest BCUT2D eigenvalue weighted by molar-refractivity contribution is 5.90. The molecule has 1 aromatic rings. The summed E-state index contributed by atoms with van der Waals surface area (Å²) in [5.74, 6) is -0.854. The van der Waals surface area contributed by atoms with E-state index in [2.05, 4.69) is 5.32 Å². The van der Waals surface area contributed by atoms with E-state index < -0.39 is 11.9 Å². The Morgan fingerprint density at radius 2 is 1.68 bits per heavy atom. The minimum atomic E-state index is -0.854. The van der Waals surface area contributed by atoms with Crippen molar-refractivity contribution in [1.29, 1.82) is 0 Å². The Kier molecular flexibility index (Phi) is 7.45. The van der Waals surface area contributed by atoms with Crippen LogP contribution < -0.4 is 15.8 Å². The maximum absolute atomic E-state index is 11.6. The molecule has 120 valence electrons. The second kappa shape index (κ2) is 9.38. The van der Waals surface area contributed by atoms with Crippen LogP contribution in [0.25, 0.3) is 0 Å². The fourth-order valence-electron chi connectivity index (χ4n) is 1.69. The summed E-state index contributed by atoms with van der Waals surface area (Å²) in [6.07, 6.45) is 1.52. The van der Waals surface area contributed by atoms with Crippen LogP contribution in [0.4, 0.5) is 5.69 Å². The SMILES string of the molecule is NC(=O)CCOc1ccc(NC(=O)CCCCC(=O)O)cc1. The van der Waals surface area contributed by atoms with Gasteiger partial charge in [-0.3, -0.25) is 14.4 Å². The van der Waals surface area contributed by atoms with E-state index in [1.54, 1.807) is 24.3 Å². The predicted octanol–water partition coefficient (Wildman–Crippen LogP) is 1.52. The van der Waals surface area contributed by atoms with Gasteiger partial charge in [0.05, 0.1) is 13.0 Å². The number of unbranched alkanes of at least 4 members (excludes halogenated alkanes) is 1. The topological polar surface area (TPSA) is 119 Å². The van der Waals surface area contributed by atoms with Crippen LogP contribution in [0.15, 0.2) is 24.3 Å². The lowest BCUT2D eigenvalue weighted by atomic mass is 10.2. The minimum Gasteiger partial charge on any atom is -0.493 e. The Morgan fingerprint density at radius 3 is 2.27 bits per heavy atom. The van der Waals surface area contributed by atoms with Gasteiger partial charge in [-0.05, 0) is 37.1 Å². The lowest BCUT2D eigenvalue weighted by Gasteiger charge is -2.07. The lowest BCUT2D eigenvalue weighted by molar-refractivity contribution is -0.137. The van der Waals surface area contributed by atoms with E-state index in [1.165, 1.54) is 0 Å². The van der Waals surface area contributed by atoms with E-state index in [0.29, 0.717) is 24.3 Å². The molecule has 0 atom stereocenters. The molecule has 0 aromatic heterocycles. The third-order valence-corrected chi connectivity index (χ3v) is 2.80. The van der Waals surface area contributed by atoms with E-state index in [0.717, 1.165) is 0 Å². The fraction of sp³-hybridized carbons (Fsp3) is 0.400. The summed E-state index contributed by atoms with van der Waals surface area (Å²) in [5.41, 5.74) is 5.63. The molecule has 0 spiro atoms. The molecule has 0 aliphatic carbocycles. The Labute approximate surface area is 128 Å². The number of hydrogen-bond donors (Lipinski definition) is 3. The number of amides is 2. The second-order valence-corrected chi connectivity index (χ2v) is 4.74. The summed E-state index contributed by atoms with van der Waals surface area (Å²) < 4.78 is 5.31. The molecule has 0 radical (unpaired) electrons. The number of carbonyl (C=O) groups excluding carboxylic acids is 2. The number of aliphatic carboxylic acids is 1. The zero-order chi connectivity index (χ0) is 16.4. The summed E-state index contributed by atoms with van der Waals surface area (Å²) in [6, 6.07) is 6.74. The van der Waals surface area contributed by atoms with Crippen molar-refractivity contribution in [2.45, 2.75) is 32.1 Å². The summed E-state index contributed by atoms with van der Waals surface area (Å²) >= 11 is 0. The van der Waals surface area contributed by atoms with Crippen LogP contribution in [-0.2, 0) is 14.4 Å². The summed E-state index contributed by atoms with van der Waals surface area (Å²) in [6.45, 7) is 0.213. The monoisotopic (exact) mass is 308 g/mol. The summed E-state index contributed by atoms with van der Waals surface area (Å²) in [5, 5.41) is 11.2. The number of rotatable bonds is 10. The van der Waals surface area contributed by atoms with Gasteiger partial charge in [-0.2, -0.15) is 0 Å². The van der Waals surface area contributed by atoms with Crippen molar-refractivity contribution in [3.05, 3.63) is 24.3 Å². The minimum absolute atomic E-state index is 0.0740. The van der Waals surface area contributed by atoms with Gasteiger partial charge in [0.25, 0.3) is 0 Å². The standard InChI is InChI=1S/C15H20N2O5/c16-13(18)9-10-22-12-7-5-11(6-8-12)17-14(19)3-1-2-4-15(20)21/h5-8H,1-4,9-10H2,(H2,16,18)(H,17,19)(H,20,21). The van der Waals surface area contributed by atoms with Gasteiger partial charge in [0, 0.05) is 18.5 Å². The number of anilines is 1. The summed E-state index contributed by atoms with van der Waals surface area (Å²) in [4.78, 5) is 32.6. The molecule has 22 heavy (non-hydrogen) atoms. The normalized spacial score (nSPS) is 10.0. The van der Waals surface area contributed by atoms with Gasteiger partial charge in [-0.15, -0.1) is 0 Å². The van der Waals surface area contributed by atoms with E-state index >= 15 is 0 Å². The molecule has 0 heterocycles. The average Bonchev–Trinajstić information content (AvgIpc) is 2.45. The molecule has 1 aromatic carbocycles. The molecule has 1 rings (SSSR count). The van der Waals surface area contributed by atoms with Crippen LogP contribution >= 0.6 is 0 Å². The molecular formula is C15H20N2O5. The number of nitrogens with two attached hydrogens (primary N) is 1. The van der Waals surface area contributed by atoms with Crippen molar-refractivity contribution in [2.24, 2.45) is 5.73 Å². The largest absolute Gasteiger partial charge is 0.493 e. The molecule has 0 saturated carbocycles. The zero-order valence-electron chi connectivity index (χ0n) is 12.2. The number of nitrogens with one attached hydrogen (secondary N) is 1. The van der Waals surface area contributed by atoms with Crippen molar-refractivity contribution >= 4 is 23.5 Å². The van der Waals surface area contributed by atoms with Gasteiger partial charge < -0.3 is 20.9 Å². The third-order valence-electron chi connectivity index (χ3n) is 2.80. The average molecular weight is 308 g/mol. The van der Waals surface area contributed by atoms with E-state index in [-0.39, 0.29) is 31.8 Å². The first kappa shape index (κ1) is 17.5. The Morgan fingerprint density at radius 1 is 1.05 bits per heavy atom. The van der Waals surface area contributed by atoms with Gasteiger partial charge >= 0.3 is 5.97 Å².